The van der Waals surface area contributed by atoms with Crippen molar-refractivity contribution in [2.45, 2.75) is 16.5 Å². The van der Waals surface area contributed by atoms with Crippen LogP contribution in [0.5, 0.6) is 0 Å². The summed E-state index contributed by atoms with van der Waals surface area (Å²) in [7, 11) is 0. The molecule has 0 bridgehead atoms. The number of hydrogen-bond acceptors (Lipinski definition) is 4. The normalized spacial score (nSPS) is 12.4. The van der Waals surface area contributed by atoms with Gasteiger partial charge >= 0.3 is 0 Å². The first kappa shape index (κ1) is 23.4. The van der Waals surface area contributed by atoms with Crippen LogP contribution in [-0.4, -0.2) is 16.8 Å². The molecule has 1 aromatic heterocycles. The summed E-state index contributed by atoms with van der Waals surface area (Å²) >= 11 is 14.0. The van der Waals surface area contributed by atoms with Gasteiger partial charge in [-0.1, -0.05) is 59.2 Å². The minimum absolute atomic E-state index is 0.00661. The van der Waals surface area contributed by atoms with E-state index in [1.807, 2.05) is 36.4 Å². The van der Waals surface area contributed by atoms with Crippen molar-refractivity contribution in [3.63, 3.8) is 0 Å². The smallest absolute Gasteiger partial charge is 0.260 e. The molecule has 0 spiro atoms. The van der Waals surface area contributed by atoms with E-state index in [2.05, 4.69) is 10.3 Å². The third kappa shape index (κ3) is 4.62. The van der Waals surface area contributed by atoms with Crippen LogP contribution >= 0.6 is 35.0 Å². The molecule has 2 heterocycles. The van der Waals surface area contributed by atoms with Crippen molar-refractivity contribution >= 4 is 58.2 Å². The number of nitrogens with one attached hydrogen (secondary N) is 1. The van der Waals surface area contributed by atoms with Gasteiger partial charge in [-0.25, -0.2) is 9.37 Å². The number of fused-ring (bicyclic) bond motifs is 2. The number of aromatic nitrogens is 1. The van der Waals surface area contributed by atoms with Gasteiger partial charge in [0.15, 0.2) is 0 Å². The molecule has 1 aliphatic rings. The highest BCUT2D eigenvalue weighted by molar-refractivity contribution is 7.99. The van der Waals surface area contributed by atoms with Gasteiger partial charge < -0.3 is 10.2 Å². The van der Waals surface area contributed by atoms with Crippen LogP contribution in [0.4, 0.5) is 15.8 Å². The molecule has 174 valence electrons. The first-order valence-electron chi connectivity index (χ1n) is 10.5. The minimum atomic E-state index is -0.736. The topological polar surface area (TPSA) is 62.3 Å². The highest BCUT2D eigenvalue weighted by atomic mass is 35.5. The summed E-state index contributed by atoms with van der Waals surface area (Å²) in [5, 5.41) is 3.56. The molecule has 4 aromatic rings. The molecular formula is C26H16Cl2FN3O2S. The van der Waals surface area contributed by atoms with Gasteiger partial charge in [0.2, 0.25) is 0 Å². The van der Waals surface area contributed by atoms with Crippen molar-refractivity contribution in [2.75, 3.05) is 10.2 Å². The number of hydrogen-bond donors (Lipinski definition) is 1. The van der Waals surface area contributed by atoms with E-state index in [1.165, 1.54) is 36.0 Å². The summed E-state index contributed by atoms with van der Waals surface area (Å²) in [6.07, 6.45) is 1.73. The molecular weight excluding hydrogens is 508 g/mol. The zero-order valence-electron chi connectivity index (χ0n) is 18.0. The van der Waals surface area contributed by atoms with Gasteiger partial charge in [0, 0.05) is 22.3 Å². The van der Waals surface area contributed by atoms with Gasteiger partial charge in [-0.05, 0) is 48.5 Å². The summed E-state index contributed by atoms with van der Waals surface area (Å²) < 4.78 is 14.1. The van der Waals surface area contributed by atoms with E-state index in [1.54, 1.807) is 17.2 Å². The summed E-state index contributed by atoms with van der Waals surface area (Å²) in [6, 6.07) is 19.9. The summed E-state index contributed by atoms with van der Waals surface area (Å²) in [5.74, 6) is -1.75. The molecule has 2 amide bonds. The molecule has 0 saturated carbocycles. The van der Waals surface area contributed by atoms with Crippen LogP contribution < -0.4 is 10.2 Å². The first-order valence-corrected chi connectivity index (χ1v) is 12.1. The monoisotopic (exact) mass is 523 g/mol. The molecule has 1 N–H and O–H groups in total. The van der Waals surface area contributed by atoms with Gasteiger partial charge in [0.25, 0.3) is 11.8 Å². The van der Waals surface area contributed by atoms with Crippen LogP contribution in [-0.2, 0) is 6.54 Å². The summed E-state index contributed by atoms with van der Waals surface area (Å²) in [4.78, 5) is 33.2. The van der Waals surface area contributed by atoms with Gasteiger partial charge in [-0.15, -0.1) is 0 Å². The van der Waals surface area contributed by atoms with Crippen LogP contribution in [0.1, 0.15) is 26.3 Å². The van der Waals surface area contributed by atoms with Crippen molar-refractivity contribution in [1.82, 2.24) is 4.98 Å². The average molecular weight is 524 g/mol. The third-order valence-electron chi connectivity index (χ3n) is 5.43. The highest BCUT2D eigenvalue weighted by Crippen LogP contribution is 2.41. The second-order valence-electron chi connectivity index (χ2n) is 7.67. The molecule has 3 aromatic carbocycles. The van der Waals surface area contributed by atoms with E-state index in [0.717, 1.165) is 27.2 Å². The Morgan fingerprint density at radius 1 is 0.971 bits per heavy atom. The van der Waals surface area contributed by atoms with Crippen molar-refractivity contribution in [1.29, 1.82) is 0 Å². The number of para-hydroxylation sites is 1. The number of pyridine rings is 1. The van der Waals surface area contributed by atoms with Crippen LogP contribution in [0.15, 0.2) is 88.9 Å². The Labute approximate surface area is 214 Å². The predicted octanol–water partition coefficient (Wildman–Crippen LogP) is 7.09. The predicted molar refractivity (Wildman–Crippen MR) is 136 cm³/mol. The second kappa shape index (κ2) is 9.70. The van der Waals surface area contributed by atoms with E-state index in [4.69, 9.17) is 23.2 Å². The Morgan fingerprint density at radius 3 is 2.60 bits per heavy atom. The quantitative estimate of drug-likeness (QED) is 0.311. The minimum Gasteiger partial charge on any atom is -0.322 e. The van der Waals surface area contributed by atoms with E-state index in [9.17, 15) is 14.0 Å². The number of carbonyl (C=O) groups excluding carboxylic acids is 2. The molecule has 0 atom stereocenters. The van der Waals surface area contributed by atoms with E-state index in [0.29, 0.717) is 12.2 Å². The number of nitrogens with zero attached hydrogens (tertiary/aromatic N) is 2. The van der Waals surface area contributed by atoms with Crippen LogP contribution in [0.25, 0.3) is 0 Å². The Morgan fingerprint density at radius 2 is 1.80 bits per heavy atom. The third-order valence-corrected chi connectivity index (χ3v) is 7.19. The molecule has 5 rings (SSSR count). The Kier molecular flexibility index (Phi) is 6.47. The number of carbonyl (C=O) groups is 2. The molecule has 0 unspecified atom stereocenters. The fraction of sp³-hybridized carbons (Fsp3) is 0.0385. The SMILES string of the molecule is O=C(Nc1ccc(C(=O)N2Cc3cccnc3Sc3ccccc32)c(Cl)c1)c1c(F)cccc1Cl. The molecule has 0 fully saturated rings. The average Bonchev–Trinajstić information content (AvgIpc) is 3.00. The zero-order chi connectivity index (χ0) is 24.5. The number of benzene rings is 3. The highest BCUT2D eigenvalue weighted by Gasteiger charge is 2.27. The number of amides is 2. The summed E-state index contributed by atoms with van der Waals surface area (Å²) in [5.41, 5.74) is 1.97. The maximum atomic E-state index is 14.1. The Bertz CT molecular complexity index is 1460. The van der Waals surface area contributed by atoms with Gasteiger partial charge in [-0.2, -0.15) is 0 Å². The van der Waals surface area contributed by atoms with E-state index >= 15 is 0 Å². The van der Waals surface area contributed by atoms with Crippen LogP contribution in [0.2, 0.25) is 10.0 Å². The summed E-state index contributed by atoms with van der Waals surface area (Å²) in [6.45, 7) is 0.326. The van der Waals surface area contributed by atoms with Gasteiger partial charge in [0.1, 0.15) is 10.8 Å². The molecule has 5 nitrogen and oxygen atoms in total. The largest absolute Gasteiger partial charge is 0.322 e. The van der Waals surface area contributed by atoms with Crippen molar-refractivity contribution in [2.24, 2.45) is 0 Å². The fourth-order valence-corrected chi connectivity index (χ4v) is 5.29. The fourth-order valence-electron chi connectivity index (χ4n) is 3.76. The van der Waals surface area contributed by atoms with Crippen molar-refractivity contribution in [3.05, 3.63) is 112 Å². The van der Waals surface area contributed by atoms with E-state index in [-0.39, 0.29) is 27.1 Å². The molecule has 0 saturated heterocycles. The standard InChI is InChI=1S/C26H16Cl2FN3O2S/c27-18-6-3-7-20(29)23(18)24(33)31-16-10-11-17(19(28)13-16)26(34)32-14-15-5-4-12-30-25(15)35-22-9-2-1-8-21(22)32/h1-13H,14H2,(H,31,33). The molecule has 1 aliphatic heterocycles. The zero-order valence-corrected chi connectivity index (χ0v) is 20.3. The number of rotatable bonds is 3. The van der Waals surface area contributed by atoms with Crippen molar-refractivity contribution in [3.8, 4) is 0 Å². The first-order chi connectivity index (χ1) is 16.9. The van der Waals surface area contributed by atoms with E-state index < -0.39 is 11.7 Å². The lowest BCUT2D eigenvalue weighted by Crippen LogP contribution is -2.30. The molecule has 0 aliphatic carbocycles. The Balaban J connectivity index is 1.45. The maximum Gasteiger partial charge on any atom is 0.260 e. The number of halogens is 3. The number of anilines is 2. The molecule has 9 heteroatoms. The second-order valence-corrected chi connectivity index (χ2v) is 9.52. The van der Waals surface area contributed by atoms with Crippen molar-refractivity contribution < 1.29 is 14.0 Å². The van der Waals surface area contributed by atoms with Crippen LogP contribution in [0, 0.1) is 5.82 Å². The van der Waals surface area contributed by atoms with Crippen LogP contribution in [0.3, 0.4) is 0 Å². The molecule has 0 radical (unpaired) electrons. The molecule has 35 heavy (non-hydrogen) atoms. The van der Waals surface area contributed by atoms with Gasteiger partial charge in [0.05, 0.1) is 33.4 Å². The lowest BCUT2D eigenvalue weighted by molar-refractivity contribution is 0.0983. The lowest BCUT2D eigenvalue weighted by Gasteiger charge is -2.23. The lowest BCUT2D eigenvalue weighted by atomic mass is 10.1. The maximum absolute atomic E-state index is 14.1. The van der Waals surface area contributed by atoms with Gasteiger partial charge in [-0.3, -0.25) is 9.59 Å². The Hall–Kier alpha value is -3.39.